The first-order valence-corrected chi connectivity index (χ1v) is 6.76. The first-order valence-electron chi connectivity index (χ1n) is 5.94. The molecule has 0 aliphatic rings. The first kappa shape index (κ1) is 14.7. The van der Waals surface area contributed by atoms with Gasteiger partial charge in [-0.3, -0.25) is 9.59 Å². The summed E-state index contributed by atoms with van der Waals surface area (Å²) in [5.74, 6) is -1.53. The van der Waals surface area contributed by atoms with E-state index in [1.54, 1.807) is 14.0 Å². The number of hydrogen-bond donors (Lipinski definition) is 1. The highest BCUT2D eigenvalue weighted by Crippen LogP contribution is 2.23. The Morgan fingerprint density at radius 2 is 2.11 bits per heavy atom. The molecule has 5 heteroatoms. The van der Waals surface area contributed by atoms with Gasteiger partial charge in [-0.05, 0) is 25.0 Å². The number of amides is 1. The molecule has 1 aromatic rings. The average Bonchev–Trinajstić information content (AvgIpc) is 2.69. The molecule has 1 amide bonds. The lowest BCUT2D eigenvalue weighted by Crippen LogP contribution is -2.33. The second-order valence-corrected chi connectivity index (χ2v) is 5.73. The van der Waals surface area contributed by atoms with Gasteiger partial charge in [0.1, 0.15) is 0 Å². The Hall–Kier alpha value is -1.36. The third-order valence-electron chi connectivity index (χ3n) is 2.93. The van der Waals surface area contributed by atoms with Crippen molar-refractivity contribution < 1.29 is 14.7 Å². The van der Waals surface area contributed by atoms with Gasteiger partial charge >= 0.3 is 5.97 Å². The second-order valence-electron chi connectivity index (χ2n) is 4.47. The summed E-state index contributed by atoms with van der Waals surface area (Å²) < 4.78 is 0. The van der Waals surface area contributed by atoms with Crippen molar-refractivity contribution in [1.82, 2.24) is 4.90 Å². The van der Waals surface area contributed by atoms with Crippen molar-refractivity contribution in [1.29, 1.82) is 0 Å². The van der Waals surface area contributed by atoms with E-state index in [4.69, 9.17) is 5.11 Å². The summed E-state index contributed by atoms with van der Waals surface area (Å²) in [6, 6.07) is 1.91. The van der Waals surface area contributed by atoms with Crippen LogP contribution in [0.15, 0.2) is 6.07 Å². The molecular weight excluding hydrogens is 250 g/mol. The van der Waals surface area contributed by atoms with Crippen LogP contribution in [0.25, 0.3) is 0 Å². The maximum atomic E-state index is 12.1. The predicted molar refractivity (Wildman–Crippen MR) is 72.2 cm³/mol. The van der Waals surface area contributed by atoms with Crippen LogP contribution in [0.2, 0.25) is 0 Å². The third kappa shape index (κ3) is 3.32. The highest BCUT2D eigenvalue weighted by Gasteiger charge is 2.20. The fraction of sp³-hybridized carbons (Fsp3) is 0.538. The molecule has 1 N–H and O–H groups in total. The van der Waals surface area contributed by atoms with E-state index in [2.05, 4.69) is 6.92 Å². The largest absolute Gasteiger partial charge is 0.481 e. The van der Waals surface area contributed by atoms with Gasteiger partial charge in [0.25, 0.3) is 5.91 Å². The van der Waals surface area contributed by atoms with Crippen LogP contribution in [-0.2, 0) is 11.2 Å². The van der Waals surface area contributed by atoms with Crippen molar-refractivity contribution >= 4 is 23.2 Å². The molecule has 0 saturated heterocycles. The number of nitrogens with zero attached hydrogens (tertiary/aromatic N) is 1. The Balaban J connectivity index is 2.77. The molecule has 18 heavy (non-hydrogen) atoms. The van der Waals surface area contributed by atoms with Crippen LogP contribution >= 0.6 is 11.3 Å². The smallest absolute Gasteiger partial charge is 0.308 e. The Kier molecular flexibility index (Phi) is 4.90. The molecule has 4 nitrogen and oxygen atoms in total. The van der Waals surface area contributed by atoms with Crippen molar-refractivity contribution in [3.8, 4) is 0 Å². The van der Waals surface area contributed by atoms with E-state index in [-0.39, 0.29) is 12.5 Å². The lowest BCUT2D eigenvalue weighted by Gasteiger charge is -2.18. The van der Waals surface area contributed by atoms with E-state index >= 15 is 0 Å². The Morgan fingerprint density at radius 1 is 1.50 bits per heavy atom. The van der Waals surface area contributed by atoms with Gasteiger partial charge in [0.15, 0.2) is 0 Å². The summed E-state index contributed by atoms with van der Waals surface area (Å²) in [4.78, 5) is 26.2. The lowest BCUT2D eigenvalue weighted by molar-refractivity contribution is -0.141. The number of aliphatic carboxylic acids is 1. The first-order chi connectivity index (χ1) is 8.36. The van der Waals surface area contributed by atoms with Gasteiger partial charge in [0.05, 0.1) is 10.8 Å². The van der Waals surface area contributed by atoms with E-state index in [1.165, 1.54) is 21.8 Å². The molecule has 1 atom stereocenters. The molecule has 0 radical (unpaired) electrons. The summed E-state index contributed by atoms with van der Waals surface area (Å²) >= 11 is 1.47. The van der Waals surface area contributed by atoms with Gasteiger partial charge in [-0.2, -0.15) is 0 Å². The summed E-state index contributed by atoms with van der Waals surface area (Å²) in [7, 11) is 1.64. The Bertz CT molecular complexity index is 453. The highest BCUT2D eigenvalue weighted by atomic mass is 32.1. The number of carboxylic acids is 1. The minimum atomic E-state index is -0.883. The summed E-state index contributed by atoms with van der Waals surface area (Å²) in [5, 5.41) is 8.83. The minimum Gasteiger partial charge on any atom is -0.481 e. The molecule has 1 unspecified atom stereocenters. The normalized spacial score (nSPS) is 12.2. The third-order valence-corrected chi connectivity index (χ3v) is 4.01. The summed E-state index contributed by atoms with van der Waals surface area (Å²) in [6.45, 7) is 5.88. The fourth-order valence-electron chi connectivity index (χ4n) is 1.74. The second kappa shape index (κ2) is 6.00. The van der Waals surface area contributed by atoms with E-state index in [9.17, 15) is 9.59 Å². The molecule has 0 fully saturated rings. The van der Waals surface area contributed by atoms with Gasteiger partial charge in [-0.25, -0.2) is 0 Å². The molecular formula is C13H19NO3S. The van der Waals surface area contributed by atoms with E-state index in [0.717, 1.165) is 11.3 Å². The Labute approximate surface area is 111 Å². The van der Waals surface area contributed by atoms with Gasteiger partial charge in [-0.1, -0.05) is 13.8 Å². The van der Waals surface area contributed by atoms with Crippen LogP contribution in [-0.4, -0.2) is 35.5 Å². The van der Waals surface area contributed by atoms with Crippen molar-refractivity contribution in [2.24, 2.45) is 5.92 Å². The summed E-state index contributed by atoms with van der Waals surface area (Å²) in [6.07, 6.45) is 0.908. The number of carbonyl (C=O) groups excluding carboxylic acids is 1. The minimum absolute atomic E-state index is 0.101. The predicted octanol–water partition coefficient (Wildman–Crippen LogP) is 2.41. The van der Waals surface area contributed by atoms with Crippen LogP contribution in [0.5, 0.6) is 0 Å². The zero-order chi connectivity index (χ0) is 13.9. The quantitative estimate of drug-likeness (QED) is 0.893. The fourth-order valence-corrected chi connectivity index (χ4v) is 2.84. The number of aryl methyl sites for hydroxylation is 2. The maximum Gasteiger partial charge on any atom is 0.308 e. The number of rotatable bonds is 5. The maximum absolute atomic E-state index is 12.1. The Morgan fingerprint density at radius 3 is 2.56 bits per heavy atom. The molecule has 0 bridgehead atoms. The van der Waals surface area contributed by atoms with Gasteiger partial charge < -0.3 is 10.0 Å². The van der Waals surface area contributed by atoms with Crippen molar-refractivity contribution in [2.45, 2.75) is 27.2 Å². The molecule has 0 aliphatic heterocycles. The molecule has 1 heterocycles. The van der Waals surface area contributed by atoms with Gasteiger partial charge in [-0.15, -0.1) is 11.3 Å². The van der Waals surface area contributed by atoms with Crippen LogP contribution in [0, 0.1) is 12.8 Å². The van der Waals surface area contributed by atoms with Crippen LogP contribution < -0.4 is 0 Å². The van der Waals surface area contributed by atoms with Crippen LogP contribution in [0.1, 0.15) is 34.0 Å². The number of carbonyl (C=O) groups is 2. The summed E-state index contributed by atoms with van der Waals surface area (Å²) in [5.41, 5.74) is 1.18. The zero-order valence-corrected chi connectivity index (χ0v) is 12.0. The van der Waals surface area contributed by atoms with Crippen molar-refractivity contribution in [3.05, 3.63) is 21.4 Å². The van der Waals surface area contributed by atoms with Crippen LogP contribution in [0.4, 0.5) is 0 Å². The van der Waals surface area contributed by atoms with E-state index < -0.39 is 11.9 Å². The topological polar surface area (TPSA) is 57.6 Å². The van der Waals surface area contributed by atoms with Crippen molar-refractivity contribution in [2.75, 3.05) is 13.6 Å². The molecule has 0 aliphatic carbocycles. The number of hydrogen-bond acceptors (Lipinski definition) is 3. The van der Waals surface area contributed by atoms with Crippen LogP contribution in [0.3, 0.4) is 0 Å². The van der Waals surface area contributed by atoms with E-state index in [0.29, 0.717) is 4.88 Å². The van der Waals surface area contributed by atoms with Gasteiger partial charge in [0, 0.05) is 18.5 Å². The molecule has 0 saturated carbocycles. The van der Waals surface area contributed by atoms with Gasteiger partial charge in [0.2, 0.25) is 0 Å². The average molecular weight is 269 g/mol. The standard InChI is InChI=1S/C13H19NO3S/c1-5-10-6-11(18-9(10)3)12(15)14(4)7-8(2)13(16)17/h6,8H,5,7H2,1-4H3,(H,16,17). The molecule has 100 valence electrons. The zero-order valence-electron chi connectivity index (χ0n) is 11.2. The van der Waals surface area contributed by atoms with E-state index in [1.807, 2.05) is 13.0 Å². The SMILES string of the molecule is CCc1cc(C(=O)N(C)CC(C)C(=O)O)sc1C. The number of thiophene rings is 1. The lowest BCUT2D eigenvalue weighted by atomic mass is 10.1. The molecule has 0 spiro atoms. The highest BCUT2D eigenvalue weighted by molar-refractivity contribution is 7.14. The molecule has 1 rings (SSSR count). The number of carboxylic acid groups (broad SMARTS) is 1. The van der Waals surface area contributed by atoms with Crippen molar-refractivity contribution in [3.63, 3.8) is 0 Å². The molecule has 1 aromatic heterocycles. The molecule has 0 aromatic carbocycles. The monoisotopic (exact) mass is 269 g/mol.